The zero-order chi connectivity index (χ0) is 16.1. The second kappa shape index (κ2) is 6.90. The molecule has 3 N–H and O–H groups in total. The molecule has 2 aromatic heterocycles. The van der Waals surface area contributed by atoms with Crippen molar-refractivity contribution in [2.24, 2.45) is 0 Å². The van der Waals surface area contributed by atoms with Crippen LogP contribution in [0.15, 0.2) is 28.9 Å². The van der Waals surface area contributed by atoms with E-state index in [-0.39, 0.29) is 30.0 Å². The molecule has 0 spiro atoms. The number of anilines is 1. The zero-order valence-electron chi connectivity index (χ0n) is 12.1. The van der Waals surface area contributed by atoms with E-state index in [0.717, 1.165) is 11.3 Å². The summed E-state index contributed by atoms with van der Waals surface area (Å²) in [6.07, 6.45) is 1.41. The van der Waals surface area contributed by atoms with Crippen LogP contribution < -0.4 is 16.0 Å². The van der Waals surface area contributed by atoms with Gasteiger partial charge in [0, 0.05) is 7.05 Å². The van der Waals surface area contributed by atoms with Gasteiger partial charge in [-0.1, -0.05) is 0 Å². The molecular weight excluding hydrogens is 306 g/mol. The Hall–Kier alpha value is -2.61. The highest BCUT2D eigenvalue weighted by atomic mass is 32.1. The Morgan fingerprint density at radius 2 is 2.05 bits per heavy atom. The maximum atomic E-state index is 12.0. The van der Waals surface area contributed by atoms with Gasteiger partial charge in [0.1, 0.15) is 0 Å². The Kier molecular flexibility index (Phi) is 4.95. The summed E-state index contributed by atoms with van der Waals surface area (Å²) < 4.78 is 5.00. The van der Waals surface area contributed by atoms with E-state index >= 15 is 0 Å². The lowest BCUT2D eigenvalue weighted by Crippen LogP contribution is -2.35. The van der Waals surface area contributed by atoms with Crippen molar-refractivity contribution < 1.29 is 18.8 Å². The van der Waals surface area contributed by atoms with Crippen molar-refractivity contribution >= 4 is 34.1 Å². The summed E-state index contributed by atoms with van der Waals surface area (Å²) in [5.41, 5.74) is 0.717. The summed E-state index contributed by atoms with van der Waals surface area (Å²) in [6.45, 7) is 1.66. The highest BCUT2D eigenvalue weighted by molar-refractivity contribution is 7.18. The van der Waals surface area contributed by atoms with Crippen molar-refractivity contribution in [3.8, 4) is 0 Å². The Morgan fingerprint density at radius 1 is 1.27 bits per heavy atom. The van der Waals surface area contributed by atoms with Gasteiger partial charge >= 0.3 is 0 Å². The standard InChI is InChI=1S/C14H15N3O4S/c1-8-6-11(17-13(19)9-4-3-5-21-9)22-12(8)14(20)16-7-10(18)15-2/h3-6H,7H2,1-2H3,(H,15,18)(H,16,20)(H,17,19). The van der Waals surface area contributed by atoms with Crippen LogP contribution in [-0.4, -0.2) is 31.3 Å². The first-order valence-electron chi connectivity index (χ1n) is 6.45. The lowest BCUT2D eigenvalue weighted by molar-refractivity contribution is -0.119. The van der Waals surface area contributed by atoms with Gasteiger partial charge in [0.15, 0.2) is 5.76 Å². The van der Waals surface area contributed by atoms with Crippen molar-refractivity contribution in [3.05, 3.63) is 40.7 Å². The van der Waals surface area contributed by atoms with Crippen LogP contribution in [0.4, 0.5) is 5.00 Å². The third kappa shape index (κ3) is 3.73. The first kappa shape index (κ1) is 15.8. The molecule has 22 heavy (non-hydrogen) atoms. The molecule has 116 valence electrons. The number of rotatable bonds is 5. The average Bonchev–Trinajstić information content (AvgIpc) is 3.14. The Labute approximate surface area is 130 Å². The molecule has 0 aromatic carbocycles. The molecule has 3 amide bonds. The molecule has 0 aliphatic carbocycles. The summed E-state index contributed by atoms with van der Waals surface area (Å²) >= 11 is 1.14. The minimum atomic E-state index is -0.386. The molecule has 8 heteroatoms. The third-order valence-electron chi connectivity index (χ3n) is 2.79. The Balaban J connectivity index is 2.03. The van der Waals surface area contributed by atoms with E-state index in [4.69, 9.17) is 4.42 Å². The summed E-state index contributed by atoms with van der Waals surface area (Å²) in [5.74, 6) is -0.834. The number of carbonyl (C=O) groups is 3. The molecule has 2 rings (SSSR count). The fourth-order valence-corrected chi connectivity index (χ4v) is 2.66. The quantitative estimate of drug-likeness (QED) is 0.774. The van der Waals surface area contributed by atoms with Crippen LogP contribution in [0.2, 0.25) is 0 Å². The molecule has 0 unspecified atom stereocenters. The molecule has 0 atom stereocenters. The average molecular weight is 321 g/mol. The van der Waals surface area contributed by atoms with Crippen LogP contribution in [0.25, 0.3) is 0 Å². The van der Waals surface area contributed by atoms with Crippen LogP contribution in [0.1, 0.15) is 25.8 Å². The summed E-state index contributed by atoms with van der Waals surface area (Å²) in [6, 6.07) is 4.86. The van der Waals surface area contributed by atoms with E-state index < -0.39 is 0 Å². The van der Waals surface area contributed by atoms with Crippen molar-refractivity contribution in [3.63, 3.8) is 0 Å². The zero-order valence-corrected chi connectivity index (χ0v) is 12.9. The smallest absolute Gasteiger partial charge is 0.291 e. The van der Waals surface area contributed by atoms with Crippen molar-refractivity contribution in [2.75, 3.05) is 18.9 Å². The number of thiophene rings is 1. The normalized spacial score (nSPS) is 10.1. The lowest BCUT2D eigenvalue weighted by atomic mass is 10.2. The molecule has 2 heterocycles. The van der Waals surface area contributed by atoms with E-state index in [9.17, 15) is 14.4 Å². The molecule has 7 nitrogen and oxygen atoms in total. The minimum Gasteiger partial charge on any atom is -0.459 e. The molecule has 0 aliphatic rings. The number of carbonyl (C=O) groups excluding carboxylic acids is 3. The SMILES string of the molecule is CNC(=O)CNC(=O)c1sc(NC(=O)c2ccco2)cc1C. The van der Waals surface area contributed by atoms with Crippen LogP contribution in [-0.2, 0) is 4.79 Å². The third-order valence-corrected chi connectivity index (χ3v) is 3.95. The van der Waals surface area contributed by atoms with E-state index in [0.29, 0.717) is 15.4 Å². The fraction of sp³-hybridized carbons (Fsp3) is 0.214. The molecular formula is C14H15N3O4S. The number of hydrogen-bond acceptors (Lipinski definition) is 5. The number of nitrogens with one attached hydrogen (secondary N) is 3. The van der Waals surface area contributed by atoms with E-state index in [1.807, 2.05) is 0 Å². The number of furan rings is 1. The van der Waals surface area contributed by atoms with Gasteiger partial charge in [-0.05, 0) is 30.7 Å². The van der Waals surface area contributed by atoms with Gasteiger partial charge in [-0.15, -0.1) is 11.3 Å². The van der Waals surface area contributed by atoms with Crippen molar-refractivity contribution in [1.82, 2.24) is 10.6 Å². The Morgan fingerprint density at radius 3 is 2.68 bits per heavy atom. The number of aryl methyl sites for hydroxylation is 1. The highest BCUT2D eigenvalue weighted by Gasteiger charge is 2.16. The first-order chi connectivity index (χ1) is 10.5. The van der Waals surface area contributed by atoms with Crippen molar-refractivity contribution in [1.29, 1.82) is 0 Å². The van der Waals surface area contributed by atoms with Crippen LogP contribution in [0, 0.1) is 6.92 Å². The van der Waals surface area contributed by atoms with E-state index in [2.05, 4.69) is 16.0 Å². The molecule has 0 fully saturated rings. The van der Waals surface area contributed by atoms with Gasteiger partial charge in [-0.25, -0.2) is 0 Å². The van der Waals surface area contributed by atoms with Gasteiger partial charge in [-0.2, -0.15) is 0 Å². The minimum absolute atomic E-state index is 0.0965. The topological polar surface area (TPSA) is 100 Å². The Bertz CT molecular complexity index is 691. The fourth-order valence-electron chi connectivity index (χ4n) is 1.68. The molecule has 0 aliphatic heterocycles. The first-order valence-corrected chi connectivity index (χ1v) is 7.27. The number of hydrogen-bond donors (Lipinski definition) is 3. The molecule has 0 saturated carbocycles. The van der Waals surface area contributed by atoms with Gasteiger partial charge in [0.2, 0.25) is 5.91 Å². The summed E-state index contributed by atoms with van der Waals surface area (Å²) in [5, 5.41) is 8.12. The van der Waals surface area contributed by atoms with E-state index in [1.165, 1.54) is 13.3 Å². The highest BCUT2D eigenvalue weighted by Crippen LogP contribution is 2.27. The second-order valence-corrected chi connectivity index (χ2v) is 5.46. The van der Waals surface area contributed by atoms with Gasteiger partial charge < -0.3 is 20.4 Å². The molecule has 2 aromatic rings. The summed E-state index contributed by atoms with van der Waals surface area (Å²) in [7, 11) is 1.49. The number of amides is 3. The monoisotopic (exact) mass is 321 g/mol. The summed E-state index contributed by atoms with van der Waals surface area (Å²) in [4.78, 5) is 35.4. The molecule has 0 saturated heterocycles. The van der Waals surface area contributed by atoms with Crippen LogP contribution >= 0.6 is 11.3 Å². The molecule has 0 bridgehead atoms. The van der Waals surface area contributed by atoms with Crippen LogP contribution in [0.3, 0.4) is 0 Å². The van der Waals surface area contributed by atoms with Gasteiger partial charge in [0.25, 0.3) is 11.8 Å². The largest absolute Gasteiger partial charge is 0.459 e. The number of likely N-dealkylation sites (N-methyl/N-ethyl adjacent to an activating group) is 1. The van der Waals surface area contributed by atoms with Gasteiger partial charge in [-0.3, -0.25) is 14.4 Å². The van der Waals surface area contributed by atoms with E-state index in [1.54, 1.807) is 25.1 Å². The lowest BCUT2D eigenvalue weighted by Gasteiger charge is -2.03. The van der Waals surface area contributed by atoms with Crippen LogP contribution in [0.5, 0.6) is 0 Å². The maximum absolute atomic E-state index is 12.0. The maximum Gasteiger partial charge on any atom is 0.291 e. The molecule has 0 radical (unpaired) electrons. The van der Waals surface area contributed by atoms with Gasteiger partial charge in [0.05, 0.1) is 22.7 Å². The predicted octanol–water partition coefficient (Wildman–Crippen LogP) is 1.38. The van der Waals surface area contributed by atoms with Crippen molar-refractivity contribution in [2.45, 2.75) is 6.92 Å². The second-order valence-electron chi connectivity index (χ2n) is 4.41. The predicted molar refractivity (Wildman–Crippen MR) is 82.1 cm³/mol.